The highest BCUT2D eigenvalue weighted by atomic mass is 19.1. The van der Waals surface area contributed by atoms with Crippen molar-refractivity contribution in [3.8, 4) is 11.5 Å². The highest BCUT2D eigenvalue weighted by Crippen LogP contribution is 2.31. The van der Waals surface area contributed by atoms with E-state index in [2.05, 4.69) is 10.8 Å². The van der Waals surface area contributed by atoms with Gasteiger partial charge in [-0.3, -0.25) is 14.9 Å². The summed E-state index contributed by atoms with van der Waals surface area (Å²) in [7, 11) is 1.56. The van der Waals surface area contributed by atoms with Crippen molar-refractivity contribution in [1.82, 2.24) is 5.32 Å². The van der Waals surface area contributed by atoms with Gasteiger partial charge < -0.3 is 9.57 Å². The molecule has 0 saturated heterocycles. The number of anilines is 1. The van der Waals surface area contributed by atoms with Crippen molar-refractivity contribution >= 4 is 5.69 Å². The number of para-hydroxylation sites is 1. The number of nitrogens with one attached hydrogen (secondary N) is 2. The Labute approximate surface area is 190 Å². The molecule has 6 nitrogen and oxygen atoms in total. The highest BCUT2D eigenvalue weighted by molar-refractivity contribution is 5.49. The molecule has 0 amide bonds. The summed E-state index contributed by atoms with van der Waals surface area (Å²) >= 11 is 0. The van der Waals surface area contributed by atoms with Gasteiger partial charge in [0, 0.05) is 6.04 Å². The summed E-state index contributed by atoms with van der Waals surface area (Å²) < 4.78 is 19.0. The van der Waals surface area contributed by atoms with E-state index in [-0.39, 0.29) is 23.2 Å². The van der Waals surface area contributed by atoms with Gasteiger partial charge in [0.15, 0.2) is 0 Å². The van der Waals surface area contributed by atoms with Crippen molar-refractivity contribution in [3.05, 3.63) is 122 Å². The number of benzene rings is 3. The van der Waals surface area contributed by atoms with Crippen LogP contribution in [-0.2, 0) is 0 Å². The molecule has 0 radical (unpaired) electrons. The van der Waals surface area contributed by atoms with Gasteiger partial charge in [-0.15, -0.1) is 0 Å². The van der Waals surface area contributed by atoms with Gasteiger partial charge in [-0.05, 0) is 54.4 Å². The Hall–Kier alpha value is -3.97. The Morgan fingerprint density at radius 3 is 2.24 bits per heavy atom. The number of rotatable bonds is 9. The fraction of sp³-hybridized carbons (Fsp3) is 0.154. The predicted molar refractivity (Wildman–Crippen MR) is 125 cm³/mol. The predicted octanol–water partition coefficient (Wildman–Crippen LogP) is 4.28. The SMILES string of the molecule is COc1ccc(C(NC(C)c2cccc(F)c2)c2c(ONc3ccccc3)c(=O)c2=O)cc1. The van der Waals surface area contributed by atoms with Crippen LogP contribution in [0.4, 0.5) is 10.1 Å². The second kappa shape index (κ2) is 9.67. The molecule has 0 bridgehead atoms. The zero-order chi connectivity index (χ0) is 23.4. The lowest BCUT2D eigenvalue weighted by atomic mass is 9.92. The Morgan fingerprint density at radius 1 is 0.848 bits per heavy atom. The maximum atomic E-state index is 13.8. The van der Waals surface area contributed by atoms with Crippen LogP contribution in [0, 0.1) is 5.82 Å². The molecule has 33 heavy (non-hydrogen) atoms. The third-order valence-corrected chi connectivity index (χ3v) is 5.45. The van der Waals surface area contributed by atoms with Crippen molar-refractivity contribution < 1.29 is 14.0 Å². The van der Waals surface area contributed by atoms with Crippen molar-refractivity contribution in [2.45, 2.75) is 19.0 Å². The first-order chi connectivity index (χ1) is 16.0. The van der Waals surface area contributed by atoms with Crippen molar-refractivity contribution in [2.75, 3.05) is 12.6 Å². The number of halogens is 1. The van der Waals surface area contributed by atoms with E-state index in [1.165, 1.54) is 12.1 Å². The molecule has 0 aliphatic rings. The van der Waals surface area contributed by atoms with Crippen LogP contribution >= 0.6 is 0 Å². The van der Waals surface area contributed by atoms with Crippen molar-refractivity contribution in [3.63, 3.8) is 0 Å². The van der Waals surface area contributed by atoms with E-state index in [0.29, 0.717) is 17.0 Å². The first kappa shape index (κ1) is 22.2. The van der Waals surface area contributed by atoms with Gasteiger partial charge in [0.2, 0.25) is 11.2 Å². The fourth-order valence-electron chi connectivity index (χ4n) is 3.63. The van der Waals surface area contributed by atoms with Crippen molar-refractivity contribution in [1.29, 1.82) is 0 Å². The third-order valence-electron chi connectivity index (χ3n) is 5.45. The summed E-state index contributed by atoms with van der Waals surface area (Å²) in [4.78, 5) is 30.6. The van der Waals surface area contributed by atoms with Crippen LogP contribution in [0.3, 0.4) is 0 Å². The molecule has 7 heteroatoms. The summed E-state index contributed by atoms with van der Waals surface area (Å²) in [6.07, 6.45) is 0. The minimum Gasteiger partial charge on any atom is -0.497 e. The van der Waals surface area contributed by atoms with E-state index in [9.17, 15) is 14.0 Å². The topological polar surface area (TPSA) is 76.7 Å². The lowest BCUT2D eigenvalue weighted by molar-refractivity contribution is 0.379. The Kier molecular flexibility index (Phi) is 6.51. The maximum Gasteiger partial charge on any atom is 0.271 e. The van der Waals surface area contributed by atoms with Gasteiger partial charge in [0.05, 0.1) is 24.4 Å². The Bertz CT molecular complexity index is 1300. The van der Waals surface area contributed by atoms with Gasteiger partial charge in [0.25, 0.3) is 5.43 Å². The first-order valence-corrected chi connectivity index (χ1v) is 10.4. The average Bonchev–Trinajstić information content (AvgIpc) is 2.85. The largest absolute Gasteiger partial charge is 0.497 e. The smallest absolute Gasteiger partial charge is 0.271 e. The summed E-state index contributed by atoms with van der Waals surface area (Å²) in [5.74, 6) is 0.249. The number of ether oxygens (including phenoxy) is 1. The Balaban J connectivity index is 1.68. The van der Waals surface area contributed by atoms with E-state index < -0.39 is 16.9 Å². The summed E-state index contributed by atoms with van der Waals surface area (Å²) in [5, 5.41) is 3.35. The number of hydrogen-bond acceptors (Lipinski definition) is 6. The molecule has 0 aliphatic heterocycles. The molecule has 2 atom stereocenters. The molecule has 2 N–H and O–H groups in total. The van der Waals surface area contributed by atoms with Crippen LogP contribution in [0.15, 0.2) is 88.5 Å². The van der Waals surface area contributed by atoms with Crippen LogP contribution in [0.1, 0.15) is 35.7 Å². The molecule has 0 saturated carbocycles. The van der Waals surface area contributed by atoms with Crippen LogP contribution in [0.25, 0.3) is 0 Å². The van der Waals surface area contributed by atoms with Crippen LogP contribution in [0.2, 0.25) is 0 Å². The minimum atomic E-state index is -0.702. The molecule has 0 aromatic heterocycles. The highest BCUT2D eigenvalue weighted by Gasteiger charge is 2.32. The van der Waals surface area contributed by atoms with E-state index >= 15 is 0 Å². The summed E-state index contributed by atoms with van der Waals surface area (Å²) in [6, 6.07) is 21.4. The monoisotopic (exact) mass is 446 g/mol. The maximum absolute atomic E-state index is 13.8. The molecule has 0 fully saturated rings. The number of methoxy groups -OCH3 is 1. The summed E-state index contributed by atoms with van der Waals surface area (Å²) in [5.41, 5.74) is 3.67. The molecule has 4 rings (SSSR count). The lowest BCUT2D eigenvalue weighted by Crippen LogP contribution is -2.43. The quantitative estimate of drug-likeness (QED) is 0.295. The second-order valence-electron chi connectivity index (χ2n) is 7.62. The van der Waals surface area contributed by atoms with E-state index in [1.807, 2.05) is 25.1 Å². The zero-order valence-corrected chi connectivity index (χ0v) is 18.2. The van der Waals surface area contributed by atoms with E-state index in [4.69, 9.17) is 9.57 Å². The molecule has 0 spiro atoms. The fourth-order valence-corrected chi connectivity index (χ4v) is 3.63. The van der Waals surface area contributed by atoms with Gasteiger partial charge in [-0.25, -0.2) is 9.87 Å². The van der Waals surface area contributed by atoms with Crippen LogP contribution in [-0.4, -0.2) is 7.11 Å². The average molecular weight is 446 g/mol. The molecule has 0 heterocycles. The van der Waals surface area contributed by atoms with Gasteiger partial charge >= 0.3 is 0 Å². The zero-order valence-electron chi connectivity index (χ0n) is 18.2. The molecular weight excluding hydrogens is 423 g/mol. The standard InChI is InChI=1S/C26H23FN2O4/c1-16(18-7-6-8-19(27)15-18)28-23(17-11-13-21(32-2)14-12-17)22-24(30)25(31)26(22)33-29-20-9-4-3-5-10-20/h3-16,23,28-29H,1-2H3. The third kappa shape index (κ3) is 4.78. The minimum absolute atomic E-state index is 0.0522. The molecule has 4 aromatic rings. The Morgan fingerprint density at radius 2 is 1.58 bits per heavy atom. The molecule has 4 aromatic carbocycles. The van der Waals surface area contributed by atoms with E-state index in [1.54, 1.807) is 55.6 Å². The summed E-state index contributed by atoms with van der Waals surface area (Å²) in [6.45, 7) is 1.86. The second-order valence-corrected chi connectivity index (χ2v) is 7.62. The molecular formula is C26H23FN2O4. The normalized spacial score (nSPS) is 12.8. The van der Waals surface area contributed by atoms with Crippen LogP contribution < -0.4 is 31.2 Å². The number of hydrogen-bond donors (Lipinski definition) is 2. The van der Waals surface area contributed by atoms with E-state index in [0.717, 1.165) is 5.56 Å². The van der Waals surface area contributed by atoms with Gasteiger partial charge in [0.1, 0.15) is 11.6 Å². The van der Waals surface area contributed by atoms with Crippen molar-refractivity contribution in [2.24, 2.45) is 0 Å². The molecule has 2 unspecified atom stereocenters. The molecule has 0 aliphatic carbocycles. The van der Waals surface area contributed by atoms with Crippen LogP contribution in [0.5, 0.6) is 11.5 Å². The molecule has 168 valence electrons. The van der Waals surface area contributed by atoms with Gasteiger partial charge in [-0.2, -0.15) is 0 Å². The lowest BCUT2D eigenvalue weighted by Gasteiger charge is -2.26. The van der Waals surface area contributed by atoms with Gasteiger partial charge in [-0.1, -0.05) is 42.5 Å². The first-order valence-electron chi connectivity index (χ1n) is 10.4.